The molecule has 24 heavy (non-hydrogen) atoms. The number of nitrogens with two attached hydrogens (primary N) is 3. The summed E-state index contributed by atoms with van der Waals surface area (Å²) in [4.78, 5) is 31.7. The number of benzene rings is 1. The smallest absolute Gasteiger partial charge is 0.330 e. The lowest BCUT2D eigenvalue weighted by Gasteiger charge is -2.09. The molecule has 10 heteroatoms. The van der Waals surface area contributed by atoms with E-state index in [1.807, 2.05) is 0 Å². The summed E-state index contributed by atoms with van der Waals surface area (Å²) < 4.78 is 4.38. The lowest BCUT2D eigenvalue weighted by atomic mass is 10.1. The predicted octanol–water partition coefficient (Wildman–Crippen LogP) is -2.32. The third kappa shape index (κ3) is 8.80. The number of aliphatic hydroxyl groups is 1. The molecule has 0 saturated carbocycles. The number of carbonyl (C=O) groups is 3. The van der Waals surface area contributed by atoms with Crippen LogP contribution in [0.25, 0.3) is 0 Å². The molecule has 0 aliphatic heterocycles. The topological polar surface area (TPSA) is 199 Å². The molecule has 0 aliphatic carbocycles. The summed E-state index contributed by atoms with van der Waals surface area (Å²) in [7, 11) is 0. The number of phenols is 1. The van der Waals surface area contributed by atoms with Crippen LogP contribution in [0.15, 0.2) is 24.3 Å². The van der Waals surface area contributed by atoms with Crippen molar-refractivity contribution in [3.63, 3.8) is 0 Å². The third-order valence-electron chi connectivity index (χ3n) is 2.59. The van der Waals surface area contributed by atoms with Crippen molar-refractivity contribution in [1.29, 1.82) is 0 Å². The van der Waals surface area contributed by atoms with Crippen LogP contribution in [0.4, 0.5) is 0 Å². The molecule has 0 heterocycles. The second kappa shape index (κ2) is 11.1. The van der Waals surface area contributed by atoms with Crippen LogP contribution in [0.2, 0.25) is 0 Å². The summed E-state index contributed by atoms with van der Waals surface area (Å²) in [6, 6.07) is 4.17. The standard InChI is InChI=1S/C11H14N2O4.C3H7NO3/c12-6-10(15)17-11(16)9(13)5-7-1-3-8(14)4-2-7;4-2(1-5)3(6)7/h1-4,9,14H,5-6,12-13H2;2,5H,1,4H2,(H,6,7)/t9-;2-/m00/s1. The summed E-state index contributed by atoms with van der Waals surface area (Å²) in [5.74, 6) is -2.67. The molecule has 0 fully saturated rings. The Morgan fingerprint density at radius 2 is 1.62 bits per heavy atom. The number of carboxylic acid groups (broad SMARTS) is 1. The number of aromatic hydroxyl groups is 1. The molecule has 0 amide bonds. The maximum atomic E-state index is 11.3. The van der Waals surface area contributed by atoms with Crippen LogP contribution in [0, 0.1) is 0 Å². The lowest BCUT2D eigenvalue weighted by molar-refractivity contribution is -0.159. The molecule has 0 saturated heterocycles. The van der Waals surface area contributed by atoms with E-state index in [2.05, 4.69) is 4.74 Å². The number of aliphatic carboxylic acids is 1. The Morgan fingerprint density at radius 3 is 2.00 bits per heavy atom. The Balaban J connectivity index is 0.000000640. The van der Waals surface area contributed by atoms with Crippen molar-refractivity contribution in [2.75, 3.05) is 13.2 Å². The number of rotatable bonds is 6. The molecule has 10 nitrogen and oxygen atoms in total. The summed E-state index contributed by atoms with van der Waals surface area (Å²) in [5.41, 5.74) is 16.1. The van der Waals surface area contributed by atoms with Gasteiger partial charge in [0.15, 0.2) is 0 Å². The number of carbonyl (C=O) groups excluding carboxylic acids is 2. The van der Waals surface area contributed by atoms with E-state index in [0.29, 0.717) is 0 Å². The third-order valence-corrected chi connectivity index (χ3v) is 2.59. The van der Waals surface area contributed by atoms with Gasteiger partial charge in [0.05, 0.1) is 13.2 Å². The molecule has 0 unspecified atom stereocenters. The highest BCUT2D eigenvalue weighted by Crippen LogP contribution is 2.11. The van der Waals surface area contributed by atoms with Crippen LogP contribution >= 0.6 is 0 Å². The van der Waals surface area contributed by atoms with Gasteiger partial charge in [-0.15, -0.1) is 0 Å². The van der Waals surface area contributed by atoms with E-state index in [0.717, 1.165) is 5.56 Å². The quantitative estimate of drug-likeness (QED) is 0.240. The van der Waals surface area contributed by atoms with Crippen molar-refractivity contribution >= 4 is 17.9 Å². The molecule has 0 radical (unpaired) electrons. The largest absolute Gasteiger partial charge is 0.508 e. The van der Waals surface area contributed by atoms with Crippen molar-refractivity contribution in [2.24, 2.45) is 17.2 Å². The molecule has 2 atom stereocenters. The first kappa shape index (κ1) is 21.5. The van der Waals surface area contributed by atoms with E-state index in [-0.39, 0.29) is 18.7 Å². The molecule has 1 aromatic rings. The molecule has 134 valence electrons. The molecule has 0 aliphatic rings. The number of hydrogen-bond donors (Lipinski definition) is 6. The highest BCUT2D eigenvalue weighted by molar-refractivity contribution is 5.89. The van der Waals surface area contributed by atoms with Gasteiger partial charge in [-0.3, -0.25) is 9.59 Å². The lowest BCUT2D eigenvalue weighted by Crippen LogP contribution is -2.36. The zero-order chi connectivity index (χ0) is 18.7. The molecule has 0 spiro atoms. The highest BCUT2D eigenvalue weighted by atomic mass is 16.6. The van der Waals surface area contributed by atoms with Crippen molar-refractivity contribution in [3.05, 3.63) is 29.8 Å². The van der Waals surface area contributed by atoms with Crippen molar-refractivity contribution in [2.45, 2.75) is 18.5 Å². The number of hydrogen-bond acceptors (Lipinski definition) is 9. The molecule has 1 aromatic carbocycles. The van der Waals surface area contributed by atoms with Gasteiger partial charge in [-0.25, -0.2) is 4.79 Å². The molecule has 0 aromatic heterocycles. The van der Waals surface area contributed by atoms with Gasteiger partial charge in [0.2, 0.25) is 0 Å². The second-order valence-electron chi connectivity index (χ2n) is 4.60. The molecule has 1 rings (SSSR count). The van der Waals surface area contributed by atoms with E-state index in [1.165, 1.54) is 12.1 Å². The minimum Gasteiger partial charge on any atom is -0.508 e. The van der Waals surface area contributed by atoms with E-state index < -0.39 is 36.6 Å². The highest BCUT2D eigenvalue weighted by Gasteiger charge is 2.18. The van der Waals surface area contributed by atoms with Crippen LogP contribution < -0.4 is 17.2 Å². The summed E-state index contributed by atoms with van der Waals surface area (Å²) >= 11 is 0. The van der Waals surface area contributed by atoms with Gasteiger partial charge in [0.1, 0.15) is 17.8 Å². The van der Waals surface area contributed by atoms with Gasteiger partial charge in [0, 0.05) is 0 Å². The van der Waals surface area contributed by atoms with Gasteiger partial charge >= 0.3 is 17.9 Å². The fourth-order valence-corrected chi connectivity index (χ4v) is 1.28. The van der Waals surface area contributed by atoms with Crippen LogP contribution in [0.5, 0.6) is 5.75 Å². The number of esters is 2. The first-order valence-electron chi connectivity index (χ1n) is 6.78. The normalized spacial score (nSPS) is 12.3. The molecular weight excluding hydrogens is 322 g/mol. The number of phenolic OH excluding ortho intramolecular Hbond substituents is 1. The Hall–Kier alpha value is -2.53. The van der Waals surface area contributed by atoms with E-state index >= 15 is 0 Å². The summed E-state index contributed by atoms with van der Waals surface area (Å²) in [6.07, 6.45) is 0.219. The fraction of sp³-hybridized carbons (Fsp3) is 0.357. The number of carboxylic acids is 1. The Bertz CT molecular complexity index is 548. The average Bonchev–Trinajstić information content (AvgIpc) is 2.56. The van der Waals surface area contributed by atoms with Gasteiger partial charge < -0.3 is 37.3 Å². The second-order valence-corrected chi connectivity index (χ2v) is 4.60. The minimum atomic E-state index is -1.18. The van der Waals surface area contributed by atoms with Crippen molar-refractivity contribution < 1.29 is 34.4 Å². The maximum Gasteiger partial charge on any atom is 0.330 e. The zero-order valence-electron chi connectivity index (χ0n) is 12.8. The zero-order valence-corrected chi connectivity index (χ0v) is 12.8. The van der Waals surface area contributed by atoms with Gasteiger partial charge in [-0.05, 0) is 24.1 Å². The predicted molar refractivity (Wildman–Crippen MR) is 82.6 cm³/mol. The van der Waals surface area contributed by atoms with Crippen LogP contribution in [0.3, 0.4) is 0 Å². The minimum absolute atomic E-state index is 0.128. The van der Waals surface area contributed by atoms with Crippen LogP contribution in [-0.4, -0.2) is 58.5 Å². The molecular formula is C14H21N3O7. The SMILES string of the molecule is NCC(=O)OC(=O)[C@@H](N)Cc1ccc(O)cc1.N[C@@H](CO)C(=O)O. The number of ether oxygens (including phenoxy) is 1. The monoisotopic (exact) mass is 343 g/mol. The molecule has 0 bridgehead atoms. The number of aliphatic hydroxyl groups excluding tert-OH is 1. The van der Waals surface area contributed by atoms with E-state index in [4.69, 9.17) is 32.5 Å². The molecule has 9 N–H and O–H groups in total. The van der Waals surface area contributed by atoms with Gasteiger partial charge in [-0.1, -0.05) is 12.1 Å². The van der Waals surface area contributed by atoms with Crippen molar-refractivity contribution in [3.8, 4) is 5.75 Å². The Labute approximate surface area is 137 Å². The van der Waals surface area contributed by atoms with Crippen molar-refractivity contribution in [1.82, 2.24) is 0 Å². The summed E-state index contributed by atoms with van der Waals surface area (Å²) in [5, 5.41) is 25.0. The first-order valence-corrected chi connectivity index (χ1v) is 6.78. The van der Waals surface area contributed by atoms with Gasteiger partial charge in [-0.2, -0.15) is 0 Å². The van der Waals surface area contributed by atoms with E-state index in [9.17, 15) is 14.4 Å². The maximum absolute atomic E-state index is 11.3. The fourth-order valence-electron chi connectivity index (χ4n) is 1.28. The summed E-state index contributed by atoms with van der Waals surface area (Å²) in [6.45, 7) is -0.868. The van der Waals surface area contributed by atoms with Crippen LogP contribution in [0.1, 0.15) is 5.56 Å². The van der Waals surface area contributed by atoms with Crippen LogP contribution in [-0.2, 0) is 25.5 Å². The van der Waals surface area contributed by atoms with E-state index in [1.54, 1.807) is 12.1 Å². The Morgan fingerprint density at radius 1 is 1.08 bits per heavy atom. The average molecular weight is 343 g/mol. The Kier molecular flexibility index (Phi) is 9.91. The first-order chi connectivity index (χ1) is 11.2. The van der Waals surface area contributed by atoms with Gasteiger partial charge in [0.25, 0.3) is 0 Å².